The number of benzene rings is 4. The van der Waals surface area contributed by atoms with E-state index in [1.54, 1.807) is 24.3 Å². The highest BCUT2D eigenvalue weighted by atomic mass is 19.1. The van der Waals surface area contributed by atoms with Gasteiger partial charge in [-0.1, -0.05) is 111 Å². The van der Waals surface area contributed by atoms with Gasteiger partial charge in [0, 0.05) is 0 Å². The maximum Gasteiger partial charge on any atom is 0.140 e. The number of halogens is 2. The molecule has 0 N–H and O–H groups in total. The molecule has 0 aliphatic rings. The Hall–Kier alpha value is -2.74. The molecule has 0 spiro atoms. The summed E-state index contributed by atoms with van der Waals surface area (Å²) in [7, 11) is 16.9. The number of hydrogen-bond acceptors (Lipinski definition) is 0. The molecule has 0 heterocycles. The van der Waals surface area contributed by atoms with Gasteiger partial charge < -0.3 is 0 Å². The fraction of sp³-hybridized carbons (Fsp3) is 0.273. The average molecular weight is 563 g/mol. The van der Waals surface area contributed by atoms with Gasteiger partial charge in [0.2, 0.25) is 0 Å². The first kappa shape index (κ1) is 33.2. The highest BCUT2D eigenvalue weighted by molar-refractivity contribution is 6.46. The molecule has 4 aromatic rings. The molecule has 0 atom stereocenters. The van der Waals surface area contributed by atoms with Gasteiger partial charge in [0.15, 0.2) is 0 Å². The summed E-state index contributed by atoms with van der Waals surface area (Å²) in [4.78, 5) is 0. The molecule has 4 aromatic carbocycles. The molecule has 0 bridgehead atoms. The van der Waals surface area contributed by atoms with Gasteiger partial charge in [-0.15, -0.1) is 0 Å². The van der Waals surface area contributed by atoms with E-state index in [1.165, 1.54) is 89.1 Å². The molecular weight excluding hydrogens is 521 g/mol. The van der Waals surface area contributed by atoms with Crippen molar-refractivity contribution in [1.82, 2.24) is 0 Å². The molecule has 0 aromatic heterocycles. The third-order valence-corrected chi connectivity index (χ3v) is 9.32. The highest BCUT2D eigenvalue weighted by Crippen LogP contribution is 2.17. The molecule has 4 rings (SSSR count). The molecule has 0 aliphatic heterocycles. The molecule has 0 radical (unpaired) electrons. The van der Waals surface area contributed by atoms with Crippen molar-refractivity contribution in [3.05, 3.63) is 71.3 Å². The van der Waals surface area contributed by atoms with E-state index in [9.17, 15) is 8.78 Å². The van der Waals surface area contributed by atoms with Crippen LogP contribution in [0.2, 0.25) is 0 Å². The molecule has 43 heavy (non-hydrogen) atoms. The highest BCUT2D eigenvalue weighted by Gasteiger charge is 2.13. The molecule has 0 unspecified atom stereocenters. The summed E-state index contributed by atoms with van der Waals surface area (Å²) in [6.07, 6.45) is 11.2. The van der Waals surface area contributed by atoms with E-state index in [-0.39, 0.29) is 11.6 Å². The fourth-order valence-electron chi connectivity index (χ4n) is 7.28. The van der Waals surface area contributed by atoms with Gasteiger partial charge in [0.25, 0.3) is 0 Å². The lowest BCUT2D eigenvalue weighted by molar-refractivity contribution is 0.580. The van der Waals surface area contributed by atoms with Crippen LogP contribution in [-0.2, 0) is 12.8 Å². The third kappa shape index (κ3) is 8.25. The van der Waals surface area contributed by atoms with E-state index in [1.807, 2.05) is 31.4 Å². The Morgan fingerprint density at radius 1 is 0.349 bits per heavy atom. The molecule has 0 saturated carbocycles. The summed E-state index contributed by atoms with van der Waals surface area (Å²) >= 11 is 0. The smallest absolute Gasteiger partial charge is 0.140 e. The largest absolute Gasteiger partial charge is 0.207 e. The van der Waals surface area contributed by atoms with Crippen molar-refractivity contribution in [2.24, 2.45) is 0 Å². The third-order valence-electron chi connectivity index (χ3n) is 9.32. The zero-order chi connectivity index (χ0) is 31.3. The Morgan fingerprint density at radius 3 is 0.884 bits per heavy atom. The van der Waals surface area contributed by atoms with E-state index < -0.39 is 0 Å². The molecule has 0 fully saturated rings. The minimum atomic E-state index is -0.159. The normalized spacial score (nSPS) is 11.2. The van der Waals surface area contributed by atoms with Gasteiger partial charge in [-0.25, -0.2) is 8.78 Å². The van der Waals surface area contributed by atoms with Crippen LogP contribution in [-0.4, -0.2) is 62.8 Å². The van der Waals surface area contributed by atoms with Crippen LogP contribution in [0.5, 0.6) is 0 Å². The zero-order valence-electron chi connectivity index (χ0n) is 27.7. The maximum absolute atomic E-state index is 13.8. The Bertz CT molecular complexity index is 1410. The average Bonchev–Trinajstić information content (AvgIpc) is 2.89. The summed E-state index contributed by atoms with van der Waals surface area (Å²) in [5.74, 6) is -0.318. The summed E-state index contributed by atoms with van der Waals surface area (Å²) in [5, 5.41) is 0. The van der Waals surface area contributed by atoms with E-state index in [0.29, 0.717) is 0 Å². The van der Waals surface area contributed by atoms with Crippen molar-refractivity contribution >= 4 is 106 Å². The monoisotopic (exact) mass is 564 g/mol. The van der Waals surface area contributed by atoms with E-state index in [2.05, 4.69) is 55.7 Å². The Labute approximate surface area is 265 Å². The summed E-state index contributed by atoms with van der Waals surface area (Å²) in [5.41, 5.74) is 17.1. The van der Waals surface area contributed by atoms with Gasteiger partial charge >= 0.3 is 0 Å². The first-order chi connectivity index (χ1) is 20.5. The van der Waals surface area contributed by atoms with Crippen LogP contribution in [0.1, 0.15) is 56.1 Å². The summed E-state index contributed by atoms with van der Waals surface area (Å²) < 4.78 is 27.6. The molecule has 0 amide bonds. The second kappa shape index (κ2) is 14.8. The molecule has 0 saturated heterocycles. The second-order valence-electron chi connectivity index (χ2n) is 13.0. The minimum absolute atomic E-state index is 0.159. The first-order valence-corrected chi connectivity index (χ1v) is 16.2. The van der Waals surface area contributed by atoms with Crippen molar-refractivity contribution in [2.75, 3.05) is 0 Å². The minimum Gasteiger partial charge on any atom is -0.207 e. The Balaban J connectivity index is 1.21. The maximum atomic E-state index is 13.8. The molecule has 0 nitrogen and oxygen atoms in total. The predicted molar refractivity (Wildman–Crippen MR) is 209 cm³/mol. The van der Waals surface area contributed by atoms with Crippen molar-refractivity contribution < 1.29 is 8.78 Å². The first-order valence-electron chi connectivity index (χ1n) is 16.2. The Morgan fingerprint density at radius 2 is 0.605 bits per heavy atom. The molecule has 0 aliphatic carbocycles. The van der Waals surface area contributed by atoms with Gasteiger partial charge in [-0.3, -0.25) is 0 Å². The second-order valence-corrected chi connectivity index (χ2v) is 13.0. The fourth-order valence-corrected chi connectivity index (χ4v) is 7.28. The van der Waals surface area contributed by atoms with E-state index >= 15 is 0 Å². The van der Waals surface area contributed by atoms with Gasteiger partial charge in [-0.05, 0) is 72.2 Å². The lowest BCUT2D eigenvalue weighted by Crippen LogP contribution is -2.26. The van der Waals surface area contributed by atoms with Gasteiger partial charge in [-0.2, -0.15) is 0 Å². The van der Waals surface area contributed by atoms with Crippen LogP contribution in [0.25, 0.3) is 22.3 Å². The number of unbranched alkanes of at least 4 members (excludes halogenated alkanes) is 6. The molecule has 212 valence electrons. The molecule has 10 heteroatoms. The van der Waals surface area contributed by atoms with E-state index in [4.69, 9.17) is 0 Å². The van der Waals surface area contributed by atoms with Crippen molar-refractivity contribution in [1.29, 1.82) is 0 Å². The molecular formula is C33H42B8F2. The zero-order valence-corrected chi connectivity index (χ0v) is 27.7. The van der Waals surface area contributed by atoms with Crippen LogP contribution >= 0.6 is 0 Å². The predicted octanol–water partition coefficient (Wildman–Crippen LogP) is -4.12. The van der Waals surface area contributed by atoms with Crippen molar-refractivity contribution in [3.63, 3.8) is 0 Å². The Kier molecular flexibility index (Phi) is 11.4. The quantitative estimate of drug-likeness (QED) is 0.122. The lowest BCUT2D eigenvalue weighted by atomic mass is 9.73. The van der Waals surface area contributed by atoms with Crippen LogP contribution in [0.3, 0.4) is 0 Å². The lowest BCUT2D eigenvalue weighted by Gasteiger charge is -2.17. The van der Waals surface area contributed by atoms with Crippen LogP contribution in [0, 0.1) is 11.6 Å². The SMILES string of the molecule is Bc1cc(-c2c(B)cc(F)cc2B)cc(B)c1CCCCCCCCCc1c(B)cc(-c2c(B)cc(F)cc2B)cc1B. The number of rotatable bonds is 12. The van der Waals surface area contributed by atoms with Gasteiger partial charge in [0.1, 0.15) is 74.4 Å². The van der Waals surface area contributed by atoms with Crippen molar-refractivity contribution in [2.45, 2.75) is 57.8 Å². The summed E-state index contributed by atoms with van der Waals surface area (Å²) in [6.45, 7) is 0. The van der Waals surface area contributed by atoms with Crippen LogP contribution in [0.4, 0.5) is 8.78 Å². The summed E-state index contributed by atoms with van der Waals surface area (Å²) in [6, 6.07) is 15.7. The van der Waals surface area contributed by atoms with Crippen LogP contribution in [0.15, 0.2) is 48.5 Å². The van der Waals surface area contributed by atoms with Crippen LogP contribution < -0.4 is 43.7 Å². The standard InChI is InChI=1S/C33H42B8F2/c34-24-10-18(32-28(38)14-20(42)15-29(32)39)11-25(35)22(24)8-6-4-2-1-3-5-7-9-23-26(36)12-19(13-27(23)37)33-30(40)16-21(43)17-31(33)41/h10-17H,1-9,34-41H2. The van der Waals surface area contributed by atoms with Crippen molar-refractivity contribution in [3.8, 4) is 22.3 Å². The van der Waals surface area contributed by atoms with Gasteiger partial charge in [0.05, 0.1) is 0 Å². The van der Waals surface area contributed by atoms with E-state index in [0.717, 1.165) is 45.8 Å². The topological polar surface area (TPSA) is 0 Å². The number of hydrogen-bond donors (Lipinski definition) is 0.